The van der Waals surface area contributed by atoms with E-state index in [-0.39, 0.29) is 11.7 Å². The molecule has 0 aliphatic rings. The zero-order valence-corrected chi connectivity index (χ0v) is 8.23. The number of Topliss-reactive ketones (excluding diaryl/α,β-unsaturated/α-hetero) is 1. The van der Waals surface area contributed by atoms with Gasteiger partial charge in [0.25, 0.3) is 0 Å². The Labute approximate surface area is 83.1 Å². The van der Waals surface area contributed by atoms with Crippen molar-refractivity contribution < 1.29 is 9.90 Å². The number of carbonyl (C=O) groups excluding carboxylic acids is 1. The molecule has 1 rings (SSSR count). The van der Waals surface area contributed by atoms with Crippen LogP contribution in [0.4, 0.5) is 0 Å². The first-order chi connectivity index (χ1) is 6.61. The molecule has 1 unspecified atom stereocenters. The highest BCUT2D eigenvalue weighted by Crippen LogP contribution is 2.00. The summed E-state index contributed by atoms with van der Waals surface area (Å²) in [5.41, 5.74) is 0.514. The minimum atomic E-state index is -0.553. The molecule has 0 bridgehead atoms. The highest BCUT2D eigenvalue weighted by Gasteiger charge is 2.03. The molecule has 3 nitrogen and oxygen atoms in total. The Kier molecular flexibility index (Phi) is 3.40. The van der Waals surface area contributed by atoms with Crippen LogP contribution in [0.15, 0.2) is 35.3 Å². The average molecular weight is 190 g/mol. The van der Waals surface area contributed by atoms with Gasteiger partial charge >= 0.3 is 0 Å². The molecular weight excluding hydrogens is 178 g/mol. The summed E-state index contributed by atoms with van der Waals surface area (Å²) in [6.07, 6.45) is 0. The second kappa shape index (κ2) is 4.56. The molecule has 74 valence electrons. The van der Waals surface area contributed by atoms with E-state index in [0.717, 1.165) is 0 Å². The van der Waals surface area contributed by atoms with Crippen LogP contribution in [0.25, 0.3) is 0 Å². The maximum absolute atomic E-state index is 11.4. The van der Waals surface area contributed by atoms with E-state index in [1.165, 1.54) is 6.92 Å². The molecule has 1 aromatic rings. The molecule has 0 aromatic heterocycles. The molecule has 0 amide bonds. The van der Waals surface area contributed by atoms with Crippen molar-refractivity contribution in [2.24, 2.45) is 4.99 Å². The number of hydrogen-bond acceptors (Lipinski definition) is 3. The lowest BCUT2D eigenvalue weighted by Crippen LogP contribution is -2.23. The smallest absolute Gasteiger partial charge is 0.153 e. The normalized spacial score (nSPS) is 13.7. The van der Waals surface area contributed by atoms with Crippen LogP contribution < -0.4 is 5.11 Å². The van der Waals surface area contributed by atoms with E-state index in [0.29, 0.717) is 5.56 Å². The number of carbonyl (C=O) groups is 1. The molecule has 0 N–H and O–H groups in total. The van der Waals surface area contributed by atoms with Gasteiger partial charge < -0.3 is 5.11 Å². The van der Waals surface area contributed by atoms with E-state index in [1.54, 1.807) is 31.2 Å². The summed E-state index contributed by atoms with van der Waals surface area (Å²) in [4.78, 5) is 14.6. The Balaban J connectivity index is 2.85. The standard InChI is InChI=1S/C11H13NO2/c1-8(9(2)13)12-11(14)10-6-4-3-5-7-10/h3-8H,1-2H3,(H,12,14)/p-1. The molecule has 0 spiro atoms. The van der Waals surface area contributed by atoms with Gasteiger partial charge in [0.1, 0.15) is 6.04 Å². The van der Waals surface area contributed by atoms with Gasteiger partial charge in [0.05, 0.1) is 0 Å². The molecule has 0 fully saturated rings. The lowest BCUT2D eigenvalue weighted by atomic mass is 10.2. The first-order valence-electron chi connectivity index (χ1n) is 4.42. The van der Waals surface area contributed by atoms with Gasteiger partial charge in [0.15, 0.2) is 5.78 Å². The van der Waals surface area contributed by atoms with Crippen molar-refractivity contribution in [1.29, 1.82) is 0 Å². The van der Waals surface area contributed by atoms with Crippen LogP contribution in [0.1, 0.15) is 19.4 Å². The number of rotatable bonds is 3. The molecule has 0 aliphatic heterocycles. The van der Waals surface area contributed by atoms with Gasteiger partial charge in [-0.3, -0.25) is 9.79 Å². The molecular formula is C11H12NO2-. The number of nitrogens with zero attached hydrogens (tertiary/aromatic N) is 1. The Hall–Kier alpha value is -1.64. The molecule has 3 heteroatoms. The Morgan fingerprint density at radius 3 is 2.43 bits per heavy atom. The zero-order valence-electron chi connectivity index (χ0n) is 8.23. The van der Waals surface area contributed by atoms with Crippen LogP contribution in [0.2, 0.25) is 0 Å². The van der Waals surface area contributed by atoms with Gasteiger partial charge in [0.2, 0.25) is 0 Å². The minimum Gasteiger partial charge on any atom is -0.858 e. The summed E-state index contributed by atoms with van der Waals surface area (Å²) >= 11 is 0. The molecule has 0 heterocycles. The van der Waals surface area contributed by atoms with Crippen molar-refractivity contribution in [2.45, 2.75) is 19.9 Å². The van der Waals surface area contributed by atoms with Gasteiger partial charge in [-0.15, -0.1) is 0 Å². The number of benzene rings is 1. The van der Waals surface area contributed by atoms with Crippen molar-refractivity contribution in [3.63, 3.8) is 0 Å². The van der Waals surface area contributed by atoms with Gasteiger partial charge in [0, 0.05) is 0 Å². The Morgan fingerprint density at radius 1 is 1.36 bits per heavy atom. The summed E-state index contributed by atoms with van der Waals surface area (Å²) in [6.45, 7) is 3.04. The second-order valence-electron chi connectivity index (χ2n) is 3.09. The molecule has 1 aromatic carbocycles. The highest BCUT2D eigenvalue weighted by atomic mass is 16.3. The maximum atomic E-state index is 11.4. The van der Waals surface area contributed by atoms with Gasteiger partial charge in [-0.2, -0.15) is 0 Å². The van der Waals surface area contributed by atoms with E-state index in [4.69, 9.17) is 0 Å². The number of ketones is 1. The van der Waals surface area contributed by atoms with Crippen molar-refractivity contribution >= 4 is 11.7 Å². The first-order valence-corrected chi connectivity index (χ1v) is 4.42. The molecule has 0 radical (unpaired) electrons. The molecule has 1 atom stereocenters. The fraction of sp³-hybridized carbons (Fsp3) is 0.273. The van der Waals surface area contributed by atoms with Gasteiger partial charge in [-0.25, -0.2) is 0 Å². The van der Waals surface area contributed by atoms with Gasteiger partial charge in [-0.1, -0.05) is 30.3 Å². The van der Waals surface area contributed by atoms with E-state index in [1.807, 2.05) is 6.07 Å². The van der Waals surface area contributed by atoms with Crippen molar-refractivity contribution in [3.05, 3.63) is 35.9 Å². The highest BCUT2D eigenvalue weighted by molar-refractivity contribution is 5.93. The van der Waals surface area contributed by atoms with Crippen LogP contribution >= 0.6 is 0 Å². The van der Waals surface area contributed by atoms with E-state index in [2.05, 4.69) is 4.99 Å². The minimum absolute atomic E-state index is 0.103. The first kappa shape index (κ1) is 10.4. The Bertz CT molecular complexity index is 344. The predicted octanol–water partition coefficient (Wildman–Crippen LogP) is 0.771. The fourth-order valence-electron chi connectivity index (χ4n) is 0.922. The van der Waals surface area contributed by atoms with Crippen LogP contribution in [-0.4, -0.2) is 17.7 Å². The summed E-state index contributed by atoms with van der Waals surface area (Å²) in [5.74, 6) is -0.442. The van der Waals surface area contributed by atoms with Crippen molar-refractivity contribution in [1.82, 2.24) is 0 Å². The summed E-state index contributed by atoms with van der Waals surface area (Å²) < 4.78 is 0. The van der Waals surface area contributed by atoms with Gasteiger partial charge in [-0.05, 0) is 25.3 Å². The molecule has 14 heavy (non-hydrogen) atoms. The van der Waals surface area contributed by atoms with Crippen LogP contribution in [-0.2, 0) is 4.79 Å². The average Bonchev–Trinajstić information content (AvgIpc) is 2.19. The third-order valence-electron chi connectivity index (χ3n) is 1.92. The van der Waals surface area contributed by atoms with E-state index in [9.17, 15) is 9.90 Å². The summed E-state index contributed by atoms with van der Waals surface area (Å²) in [7, 11) is 0. The lowest BCUT2D eigenvalue weighted by Gasteiger charge is -2.12. The quantitative estimate of drug-likeness (QED) is 0.522. The van der Waals surface area contributed by atoms with E-state index < -0.39 is 6.04 Å². The monoisotopic (exact) mass is 190 g/mol. The van der Waals surface area contributed by atoms with E-state index >= 15 is 0 Å². The number of hydrogen-bond donors (Lipinski definition) is 0. The SMILES string of the molecule is CC(=O)C(C)N=C([O-])c1ccccc1. The molecule has 0 saturated carbocycles. The molecule has 0 saturated heterocycles. The zero-order chi connectivity index (χ0) is 10.6. The van der Waals surface area contributed by atoms with Crippen molar-refractivity contribution in [2.75, 3.05) is 0 Å². The maximum Gasteiger partial charge on any atom is 0.153 e. The third-order valence-corrected chi connectivity index (χ3v) is 1.92. The number of aliphatic imine (C=N–C) groups is 1. The summed E-state index contributed by atoms with van der Waals surface area (Å²) in [6, 6.07) is 8.16. The third kappa shape index (κ3) is 2.69. The predicted molar refractivity (Wildman–Crippen MR) is 53.1 cm³/mol. The van der Waals surface area contributed by atoms with Crippen LogP contribution in [0, 0.1) is 0 Å². The largest absolute Gasteiger partial charge is 0.858 e. The lowest BCUT2D eigenvalue weighted by molar-refractivity contribution is -0.213. The van der Waals surface area contributed by atoms with Crippen molar-refractivity contribution in [3.8, 4) is 0 Å². The summed E-state index contributed by atoms with van der Waals surface area (Å²) in [5, 5.41) is 11.4. The molecule has 0 aliphatic carbocycles. The topological polar surface area (TPSA) is 52.5 Å². The Morgan fingerprint density at radius 2 is 1.93 bits per heavy atom. The van der Waals surface area contributed by atoms with Crippen LogP contribution in [0.5, 0.6) is 0 Å². The van der Waals surface area contributed by atoms with Crippen LogP contribution in [0.3, 0.4) is 0 Å². The fourth-order valence-corrected chi connectivity index (χ4v) is 0.922. The second-order valence-corrected chi connectivity index (χ2v) is 3.09.